The molecule has 3 nitrogen and oxygen atoms in total. The Hall–Kier alpha value is -0.930. The lowest BCUT2D eigenvalue weighted by atomic mass is 9.75. The van der Waals surface area contributed by atoms with Crippen LogP contribution in [0.3, 0.4) is 0 Å². The lowest BCUT2D eigenvalue weighted by molar-refractivity contribution is 0.0598. The molecule has 0 amide bonds. The van der Waals surface area contributed by atoms with E-state index in [0.717, 1.165) is 13.1 Å². The molecule has 0 unspecified atom stereocenters. The molecule has 0 atom stereocenters. The van der Waals surface area contributed by atoms with Gasteiger partial charge in [0.1, 0.15) is 0 Å². The Kier molecular flexibility index (Phi) is 3.56. The van der Waals surface area contributed by atoms with Crippen molar-refractivity contribution in [3.8, 4) is 0 Å². The first-order valence-electron chi connectivity index (χ1n) is 6.00. The van der Waals surface area contributed by atoms with Gasteiger partial charge in [0.25, 0.3) is 0 Å². The normalized spacial score (nSPS) is 18.4. The van der Waals surface area contributed by atoms with Gasteiger partial charge in [-0.05, 0) is 45.0 Å². The lowest BCUT2D eigenvalue weighted by Crippen LogP contribution is -2.56. The zero-order valence-corrected chi connectivity index (χ0v) is 10.2. The van der Waals surface area contributed by atoms with Gasteiger partial charge in [-0.3, -0.25) is 4.98 Å². The second-order valence-electron chi connectivity index (χ2n) is 4.94. The van der Waals surface area contributed by atoms with E-state index >= 15 is 0 Å². The highest BCUT2D eigenvalue weighted by Crippen LogP contribution is 2.35. The van der Waals surface area contributed by atoms with Crippen molar-refractivity contribution in [2.24, 2.45) is 0 Å². The van der Waals surface area contributed by atoms with Crippen molar-refractivity contribution in [3.05, 3.63) is 30.1 Å². The molecule has 0 saturated heterocycles. The highest BCUT2D eigenvalue weighted by Gasteiger charge is 2.38. The third-order valence-electron chi connectivity index (χ3n) is 3.74. The molecule has 1 aromatic rings. The van der Waals surface area contributed by atoms with Gasteiger partial charge in [-0.2, -0.15) is 0 Å². The van der Waals surface area contributed by atoms with Crippen LogP contribution < -0.4 is 5.32 Å². The molecule has 0 aromatic carbocycles. The van der Waals surface area contributed by atoms with E-state index in [9.17, 15) is 0 Å². The summed E-state index contributed by atoms with van der Waals surface area (Å²) in [6, 6.07) is 4.10. The Morgan fingerprint density at radius 1 is 1.44 bits per heavy atom. The SMILES string of the molecule is CN(C)C1(CNCc2cccnc2)CCC1. The third kappa shape index (κ3) is 2.42. The predicted octanol–water partition coefficient (Wildman–Crippen LogP) is 1.66. The van der Waals surface area contributed by atoms with E-state index in [2.05, 4.69) is 35.4 Å². The smallest absolute Gasteiger partial charge is 0.0328 e. The molecule has 88 valence electrons. The van der Waals surface area contributed by atoms with Gasteiger partial charge in [0.15, 0.2) is 0 Å². The van der Waals surface area contributed by atoms with Crippen LogP contribution in [-0.4, -0.2) is 36.1 Å². The van der Waals surface area contributed by atoms with E-state index in [1.807, 2.05) is 18.5 Å². The fourth-order valence-electron chi connectivity index (χ4n) is 2.31. The minimum absolute atomic E-state index is 0.405. The number of hydrogen-bond acceptors (Lipinski definition) is 3. The van der Waals surface area contributed by atoms with Gasteiger partial charge in [-0.15, -0.1) is 0 Å². The highest BCUT2D eigenvalue weighted by atomic mass is 15.2. The van der Waals surface area contributed by atoms with Crippen molar-refractivity contribution in [2.45, 2.75) is 31.3 Å². The van der Waals surface area contributed by atoms with Crippen LogP contribution in [0.5, 0.6) is 0 Å². The van der Waals surface area contributed by atoms with Crippen molar-refractivity contribution in [3.63, 3.8) is 0 Å². The van der Waals surface area contributed by atoms with Gasteiger partial charge in [0, 0.05) is 31.0 Å². The molecule has 1 aliphatic rings. The molecule has 0 radical (unpaired) electrons. The molecule has 1 fully saturated rings. The molecule has 1 aliphatic carbocycles. The van der Waals surface area contributed by atoms with Crippen LogP contribution in [-0.2, 0) is 6.54 Å². The standard InChI is InChI=1S/C13H21N3/c1-16(2)13(6-4-7-13)11-15-10-12-5-3-8-14-9-12/h3,5,8-9,15H,4,6-7,10-11H2,1-2H3. The van der Waals surface area contributed by atoms with Crippen molar-refractivity contribution in [1.29, 1.82) is 0 Å². The lowest BCUT2D eigenvalue weighted by Gasteiger charge is -2.47. The largest absolute Gasteiger partial charge is 0.311 e. The van der Waals surface area contributed by atoms with Crippen LogP contribution in [0.2, 0.25) is 0 Å². The van der Waals surface area contributed by atoms with Crippen LogP contribution in [0.25, 0.3) is 0 Å². The molecular formula is C13H21N3. The van der Waals surface area contributed by atoms with Crippen molar-refractivity contribution < 1.29 is 0 Å². The second kappa shape index (κ2) is 4.93. The Bertz CT molecular complexity index is 317. The third-order valence-corrected chi connectivity index (χ3v) is 3.74. The zero-order valence-electron chi connectivity index (χ0n) is 10.2. The molecule has 1 aromatic heterocycles. The summed E-state index contributed by atoms with van der Waals surface area (Å²) in [5, 5.41) is 3.54. The summed E-state index contributed by atoms with van der Waals surface area (Å²) in [6.45, 7) is 2.00. The number of hydrogen-bond donors (Lipinski definition) is 1. The number of likely N-dealkylation sites (N-methyl/N-ethyl adjacent to an activating group) is 1. The first kappa shape index (κ1) is 11.6. The Morgan fingerprint density at radius 2 is 2.25 bits per heavy atom. The topological polar surface area (TPSA) is 28.2 Å². The molecule has 0 bridgehead atoms. The minimum atomic E-state index is 0.405. The van der Waals surface area contributed by atoms with Crippen LogP contribution in [0.4, 0.5) is 0 Å². The van der Waals surface area contributed by atoms with Crippen LogP contribution in [0.15, 0.2) is 24.5 Å². The molecular weight excluding hydrogens is 198 g/mol. The monoisotopic (exact) mass is 219 g/mol. The maximum atomic E-state index is 4.12. The summed E-state index contributed by atoms with van der Waals surface area (Å²) in [7, 11) is 4.37. The van der Waals surface area contributed by atoms with E-state index in [1.54, 1.807) is 0 Å². The number of pyridine rings is 1. The molecule has 0 aliphatic heterocycles. The molecule has 1 N–H and O–H groups in total. The Labute approximate surface area is 97.9 Å². The average molecular weight is 219 g/mol. The summed E-state index contributed by atoms with van der Waals surface area (Å²) in [5.41, 5.74) is 1.66. The van der Waals surface area contributed by atoms with Gasteiger partial charge in [-0.1, -0.05) is 6.07 Å². The van der Waals surface area contributed by atoms with E-state index in [1.165, 1.54) is 24.8 Å². The highest BCUT2D eigenvalue weighted by molar-refractivity contribution is 5.08. The molecule has 1 heterocycles. The van der Waals surface area contributed by atoms with Gasteiger partial charge in [0.2, 0.25) is 0 Å². The summed E-state index contributed by atoms with van der Waals surface area (Å²) < 4.78 is 0. The van der Waals surface area contributed by atoms with Crippen LogP contribution in [0, 0.1) is 0 Å². The summed E-state index contributed by atoms with van der Waals surface area (Å²) >= 11 is 0. The fraction of sp³-hybridized carbons (Fsp3) is 0.615. The van der Waals surface area contributed by atoms with Gasteiger partial charge >= 0.3 is 0 Å². The number of nitrogens with zero attached hydrogens (tertiary/aromatic N) is 2. The average Bonchev–Trinajstić information content (AvgIpc) is 2.23. The molecule has 1 saturated carbocycles. The Morgan fingerprint density at radius 3 is 2.75 bits per heavy atom. The van der Waals surface area contributed by atoms with E-state index in [4.69, 9.17) is 0 Å². The van der Waals surface area contributed by atoms with Crippen molar-refractivity contribution in [2.75, 3.05) is 20.6 Å². The summed E-state index contributed by atoms with van der Waals surface area (Å²) in [6.07, 6.45) is 7.75. The van der Waals surface area contributed by atoms with Crippen molar-refractivity contribution >= 4 is 0 Å². The van der Waals surface area contributed by atoms with E-state index in [-0.39, 0.29) is 0 Å². The second-order valence-corrected chi connectivity index (χ2v) is 4.94. The minimum Gasteiger partial charge on any atom is -0.311 e. The number of nitrogens with one attached hydrogen (secondary N) is 1. The molecule has 16 heavy (non-hydrogen) atoms. The van der Waals surface area contributed by atoms with Crippen molar-refractivity contribution in [1.82, 2.24) is 15.2 Å². The van der Waals surface area contributed by atoms with E-state index in [0.29, 0.717) is 5.54 Å². The maximum absolute atomic E-state index is 4.12. The fourth-order valence-corrected chi connectivity index (χ4v) is 2.31. The first-order valence-corrected chi connectivity index (χ1v) is 6.00. The quantitative estimate of drug-likeness (QED) is 0.816. The number of aromatic nitrogens is 1. The summed E-state index contributed by atoms with van der Waals surface area (Å²) in [5.74, 6) is 0. The predicted molar refractivity (Wildman–Crippen MR) is 66.2 cm³/mol. The Balaban J connectivity index is 1.79. The van der Waals surface area contributed by atoms with Crippen LogP contribution >= 0.6 is 0 Å². The maximum Gasteiger partial charge on any atom is 0.0328 e. The van der Waals surface area contributed by atoms with Gasteiger partial charge in [0.05, 0.1) is 0 Å². The van der Waals surface area contributed by atoms with Crippen LogP contribution in [0.1, 0.15) is 24.8 Å². The van der Waals surface area contributed by atoms with E-state index < -0.39 is 0 Å². The van der Waals surface area contributed by atoms with Gasteiger partial charge in [-0.25, -0.2) is 0 Å². The number of rotatable bonds is 5. The first-order chi connectivity index (χ1) is 7.73. The summed E-state index contributed by atoms with van der Waals surface area (Å²) in [4.78, 5) is 6.49. The molecule has 3 heteroatoms. The molecule has 2 rings (SSSR count). The van der Waals surface area contributed by atoms with Gasteiger partial charge < -0.3 is 10.2 Å². The zero-order chi connectivity index (χ0) is 11.4. The molecule has 0 spiro atoms.